The Morgan fingerprint density at radius 1 is 1.12 bits per heavy atom. The number of piperidine rings is 1. The highest BCUT2D eigenvalue weighted by atomic mass is 35.5. The largest absolute Gasteiger partial charge is 0.497 e. The molecule has 1 fully saturated rings. The minimum absolute atomic E-state index is 0.182. The highest BCUT2D eigenvalue weighted by molar-refractivity contribution is 7.89. The molecule has 1 aliphatic heterocycles. The van der Waals surface area contributed by atoms with Crippen molar-refractivity contribution in [3.63, 3.8) is 0 Å². The van der Waals surface area contributed by atoms with Gasteiger partial charge in [-0.2, -0.15) is 4.31 Å². The molecule has 2 aromatic rings. The first-order valence-electron chi connectivity index (χ1n) is 10.3. The van der Waals surface area contributed by atoms with E-state index in [0.717, 1.165) is 12.8 Å². The molecular weight excluding hydrogens is 454 g/mol. The van der Waals surface area contributed by atoms with Crippen LogP contribution in [-0.2, 0) is 19.6 Å². The van der Waals surface area contributed by atoms with Gasteiger partial charge in [-0.1, -0.05) is 24.1 Å². The first-order chi connectivity index (χ1) is 15.3. The van der Waals surface area contributed by atoms with Gasteiger partial charge in [0.2, 0.25) is 10.0 Å². The molecule has 172 valence electrons. The van der Waals surface area contributed by atoms with Crippen LogP contribution in [0.5, 0.6) is 5.75 Å². The first-order valence-corrected chi connectivity index (χ1v) is 12.1. The van der Waals surface area contributed by atoms with Crippen LogP contribution in [0.3, 0.4) is 0 Å². The monoisotopic (exact) mass is 479 g/mol. The van der Waals surface area contributed by atoms with Crippen LogP contribution in [0.15, 0.2) is 53.4 Å². The van der Waals surface area contributed by atoms with Crippen molar-refractivity contribution in [3.05, 3.63) is 53.6 Å². The Bertz CT molecular complexity index is 1060. The summed E-state index contributed by atoms with van der Waals surface area (Å²) in [6.07, 6.45) is 2.78. The van der Waals surface area contributed by atoms with Crippen molar-refractivity contribution in [2.24, 2.45) is 0 Å². The van der Waals surface area contributed by atoms with Gasteiger partial charge in [0, 0.05) is 35.9 Å². The summed E-state index contributed by atoms with van der Waals surface area (Å²) in [7, 11) is -2.16. The van der Waals surface area contributed by atoms with Gasteiger partial charge in [-0.3, -0.25) is 9.59 Å². The second-order valence-electron chi connectivity index (χ2n) is 7.45. The van der Waals surface area contributed by atoms with Gasteiger partial charge in [0.15, 0.2) is 0 Å². The number of amides is 2. The molecule has 3 rings (SSSR count). The van der Waals surface area contributed by atoms with Crippen molar-refractivity contribution >= 4 is 39.1 Å². The van der Waals surface area contributed by atoms with E-state index in [0.29, 0.717) is 35.8 Å². The highest BCUT2D eigenvalue weighted by Crippen LogP contribution is 2.27. The number of nitrogens with one attached hydrogen (secondary N) is 2. The Balaban J connectivity index is 1.56. The maximum atomic E-state index is 13.1. The standard InChI is InChI=1S/C22H26ClN3O5S/c1-31-19-7-4-5-17(15-19)25-22(28)21(27)24-13-12-18-6-2-3-14-26(18)32(29,30)20-10-8-16(23)9-11-20/h4-5,7-11,15,18H,2-3,6,12-14H2,1H3,(H,24,27)(H,25,28). The topological polar surface area (TPSA) is 105 Å². The Hall–Kier alpha value is -2.62. The van der Waals surface area contributed by atoms with Gasteiger partial charge in [-0.15, -0.1) is 0 Å². The van der Waals surface area contributed by atoms with Crippen LogP contribution in [0.2, 0.25) is 5.02 Å². The van der Waals surface area contributed by atoms with Crippen LogP contribution >= 0.6 is 11.6 Å². The molecular formula is C22H26ClN3O5S. The summed E-state index contributed by atoms with van der Waals surface area (Å²) in [5, 5.41) is 5.56. The van der Waals surface area contributed by atoms with Crippen molar-refractivity contribution in [1.82, 2.24) is 9.62 Å². The predicted molar refractivity (Wildman–Crippen MR) is 122 cm³/mol. The lowest BCUT2D eigenvalue weighted by atomic mass is 10.0. The second-order valence-corrected chi connectivity index (χ2v) is 9.78. The van der Waals surface area contributed by atoms with Gasteiger partial charge in [0.05, 0.1) is 12.0 Å². The zero-order valence-corrected chi connectivity index (χ0v) is 19.3. The van der Waals surface area contributed by atoms with Crippen LogP contribution in [-0.4, -0.2) is 50.8 Å². The molecule has 1 heterocycles. The molecule has 2 N–H and O–H groups in total. The summed E-state index contributed by atoms with van der Waals surface area (Å²) < 4.78 is 32.8. The summed E-state index contributed by atoms with van der Waals surface area (Å²) >= 11 is 5.88. The predicted octanol–water partition coefficient (Wildman–Crippen LogP) is 3.04. The molecule has 0 saturated carbocycles. The van der Waals surface area contributed by atoms with Crippen LogP contribution in [0, 0.1) is 0 Å². The smallest absolute Gasteiger partial charge is 0.313 e. The fourth-order valence-electron chi connectivity index (χ4n) is 3.64. The summed E-state index contributed by atoms with van der Waals surface area (Å²) in [5.74, 6) is -1.02. The lowest BCUT2D eigenvalue weighted by molar-refractivity contribution is -0.136. The maximum Gasteiger partial charge on any atom is 0.313 e. The molecule has 0 bridgehead atoms. The molecule has 2 amide bonds. The number of nitrogens with zero attached hydrogens (tertiary/aromatic N) is 1. The summed E-state index contributed by atoms with van der Waals surface area (Å²) in [6, 6.07) is 12.5. The number of rotatable bonds is 7. The van der Waals surface area contributed by atoms with E-state index >= 15 is 0 Å². The first kappa shape index (κ1) is 24.0. The van der Waals surface area contributed by atoms with Gasteiger partial charge in [-0.25, -0.2) is 8.42 Å². The minimum atomic E-state index is -3.67. The van der Waals surface area contributed by atoms with Gasteiger partial charge in [0.1, 0.15) is 5.75 Å². The molecule has 32 heavy (non-hydrogen) atoms. The Morgan fingerprint density at radius 3 is 2.59 bits per heavy atom. The number of benzene rings is 2. The molecule has 0 radical (unpaired) electrons. The maximum absolute atomic E-state index is 13.1. The molecule has 1 atom stereocenters. The van der Waals surface area contributed by atoms with E-state index in [1.54, 1.807) is 36.4 Å². The number of methoxy groups -OCH3 is 1. The fourth-order valence-corrected chi connectivity index (χ4v) is 5.49. The molecule has 10 heteroatoms. The Labute approximate surface area is 192 Å². The average molecular weight is 480 g/mol. The van der Waals surface area contributed by atoms with E-state index < -0.39 is 21.8 Å². The van der Waals surface area contributed by atoms with E-state index in [9.17, 15) is 18.0 Å². The normalized spacial score (nSPS) is 16.9. The van der Waals surface area contributed by atoms with Crippen molar-refractivity contribution in [1.29, 1.82) is 0 Å². The summed E-state index contributed by atoms with van der Waals surface area (Å²) in [6.45, 7) is 0.599. The number of hydrogen-bond acceptors (Lipinski definition) is 5. The van der Waals surface area contributed by atoms with Crippen molar-refractivity contribution < 1.29 is 22.7 Å². The van der Waals surface area contributed by atoms with Gasteiger partial charge >= 0.3 is 11.8 Å². The molecule has 1 unspecified atom stereocenters. The van der Waals surface area contributed by atoms with Gasteiger partial charge < -0.3 is 15.4 Å². The summed E-state index contributed by atoms with van der Waals surface area (Å²) in [5.41, 5.74) is 0.442. The van der Waals surface area contributed by atoms with Crippen LogP contribution in [0.25, 0.3) is 0 Å². The SMILES string of the molecule is COc1cccc(NC(=O)C(=O)NCCC2CCCCN2S(=O)(=O)c2ccc(Cl)cc2)c1. The van der Waals surface area contributed by atoms with E-state index in [1.807, 2.05) is 0 Å². The van der Waals surface area contributed by atoms with Crippen LogP contribution < -0.4 is 15.4 Å². The van der Waals surface area contributed by atoms with Crippen LogP contribution in [0.1, 0.15) is 25.7 Å². The van der Waals surface area contributed by atoms with Crippen molar-refractivity contribution in [2.45, 2.75) is 36.6 Å². The number of hydrogen-bond donors (Lipinski definition) is 2. The van der Waals surface area contributed by atoms with E-state index in [2.05, 4.69) is 10.6 Å². The lowest BCUT2D eigenvalue weighted by Crippen LogP contribution is -2.45. The molecule has 0 spiro atoms. The third-order valence-electron chi connectivity index (χ3n) is 5.29. The number of carbonyl (C=O) groups is 2. The van der Waals surface area contributed by atoms with Crippen molar-refractivity contribution in [2.75, 3.05) is 25.5 Å². The van der Waals surface area contributed by atoms with Gasteiger partial charge in [0.25, 0.3) is 0 Å². The van der Waals surface area contributed by atoms with E-state index in [4.69, 9.17) is 16.3 Å². The molecule has 0 aliphatic carbocycles. The number of sulfonamides is 1. The van der Waals surface area contributed by atoms with Gasteiger partial charge in [-0.05, 0) is 55.7 Å². The Morgan fingerprint density at radius 2 is 1.88 bits per heavy atom. The van der Waals surface area contributed by atoms with Crippen molar-refractivity contribution in [3.8, 4) is 5.75 Å². The summed E-state index contributed by atoms with van der Waals surface area (Å²) in [4.78, 5) is 24.5. The van der Waals surface area contributed by atoms with E-state index in [-0.39, 0.29) is 17.5 Å². The van der Waals surface area contributed by atoms with E-state index in [1.165, 1.54) is 23.5 Å². The quantitative estimate of drug-likeness (QED) is 0.594. The molecule has 2 aromatic carbocycles. The second kappa shape index (κ2) is 10.8. The zero-order chi connectivity index (χ0) is 23.1. The molecule has 1 aliphatic rings. The van der Waals surface area contributed by atoms with Crippen LogP contribution in [0.4, 0.5) is 5.69 Å². The third kappa shape index (κ3) is 5.99. The number of carbonyl (C=O) groups excluding carboxylic acids is 2. The third-order valence-corrected chi connectivity index (χ3v) is 7.51. The number of ether oxygens (including phenoxy) is 1. The number of halogens is 1. The molecule has 8 nitrogen and oxygen atoms in total. The zero-order valence-electron chi connectivity index (χ0n) is 17.7. The fraction of sp³-hybridized carbons (Fsp3) is 0.364. The Kier molecular flexibility index (Phi) is 8.11. The molecule has 0 aromatic heterocycles. The highest BCUT2D eigenvalue weighted by Gasteiger charge is 2.33. The minimum Gasteiger partial charge on any atom is -0.497 e. The molecule has 1 saturated heterocycles. The lowest BCUT2D eigenvalue weighted by Gasteiger charge is -2.34. The number of anilines is 1. The average Bonchev–Trinajstić information content (AvgIpc) is 2.79.